The maximum absolute atomic E-state index is 13.7. The number of carbonyl (C=O) groups is 1. The first-order chi connectivity index (χ1) is 8.63. The molecular formula is C12H9FN2O3. The largest absolute Gasteiger partial charge is 0.497 e. The number of carboxylic acid groups (broad SMARTS) is 1. The first kappa shape index (κ1) is 12.0. The Morgan fingerprint density at radius 1 is 1.33 bits per heavy atom. The third-order valence-corrected chi connectivity index (χ3v) is 2.33. The monoisotopic (exact) mass is 248 g/mol. The zero-order chi connectivity index (χ0) is 13.1. The summed E-state index contributed by atoms with van der Waals surface area (Å²) >= 11 is 0. The average Bonchev–Trinajstić information content (AvgIpc) is 2.39. The molecule has 0 saturated heterocycles. The van der Waals surface area contributed by atoms with Crippen molar-refractivity contribution in [2.75, 3.05) is 7.11 Å². The van der Waals surface area contributed by atoms with Gasteiger partial charge in [-0.25, -0.2) is 14.2 Å². The van der Waals surface area contributed by atoms with Gasteiger partial charge in [0.25, 0.3) is 0 Å². The smallest absolute Gasteiger partial charge is 0.356 e. The van der Waals surface area contributed by atoms with E-state index in [0.717, 1.165) is 0 Å². The highest BCUT2D eigenvalue weighted by Gasteiger charge is 2.17. The van der Waals surface area contributed by atoms with Crippen molar-refractivity contribution >= 4 is 5.97 Å². The molecule has 0 saturated carbocycles. The molecule has 5 nitrogen and oxygen atoms in total. The van der Waals surface area contributed by atoms with Gasteiger partial charge in [0.05, 0.1) is 7.11 Å². The van der Waals surface area contributed by atoms with Gasteiger partial charge in [0.15, 0.2) is 5.69 Å². The van der Waals surface area contributed by atoms with E-state index in [1.54, 1.807) is 0 Å². The van der Waals surface area contributed by atoms with Crippen molar-refractivity contribution in [3.8, 4) is 17.0 Å². The summed E-state index contributed by atoms with van der Waals surface area (Å²) in [5, 5.41) is 8.99. The molecule has 92 valence electrons. The van der Waals surface area contributed by atoms with Gasteiger partial charge in [-0.15, -0.1) is 0 Å². The lowest BCUT2D eigenvalue weighted by Gasteiger charge is -2.07. The van der Waals surface area contributed by atoms with Gasteiger partial charge in [0, 0.05) is 18.0 Å². The van der Waals surface area contributed by atoms with Crippen molar-refractivity contribution in [3.05, 3.63) is 42.1 Å². The first-order valence-electron chi connectivity index (χ1n) is 5.01. The molecule has 18 heavy (non-hydrogen) atoms. The Morgan fingerprint density at radius 2 is 2.06 bits per heavy atom. The highest BCUT2D eigenvalue weighted by Crippen LogP contribution is 2.27. The van der Waals surface area contributed by atoms with Crippen LogP contribution in [0.15, 0.2) is 30.6 Å². The fourth-order valence-electron chi connectivity index (χ4n) is 1.50. The van der Waals surface area contributed by atoms with Crippen LogP contribution >= 0.6 is 0 Å². The third-order valence-electron chi connectivity index (χ3n) is 2.33. The lowest BCUT2D eigenvalue weighted by atomic mass is 10.1. The Morgan fingerprint density at radius 3 is 2.72 bits per heavy atom. The third kappa shape index (κ3) is 2.13. The molecule has 2 rings (SSSR count). The first-order valence-corrected chi connectivity index (χ1v) is 5.01. The van der Waals surface area contributed by atoms with E-state index in [1.807, 2.05) is 0 Å². The summed E-state index contributed by atoms with van der Waals surface area (Å²) in [6.07, 6.45) is 2.55. The number of hydrogen-bond acceptors (Lipinski definition) is 4. The van der Waals surface area contributed by atoms with Gasteiger partial charge in [0.2, 0.25) is 0 Å². The number of aromatic carboxylic acids is 1. The van der Waals surface area contributed by atoms with Crippen molar-refractivity contribution in [2.24, 2.45) is 0 Å². The maximum Gasteiger partial charge on any atom is 0.356 e. The molecule has 0 spiro atoms. The predicted molar refractivity (Wildman–Crippen MR) is 60.9 cm³/mol. The van der Waals surface area contributed by atoms with Crippen LogP contribution in [0.1, 0.15) is 10.5 Å². The second-order valence-corrected chi connectivity index (χ2v) is 3.40. The molecule has 0 aliphatic heterocycles. The second kappa shape index (κ2) is 4.79. The molecule has 0 fully saturated rings. The van der Waals surface area contributed by atoms with Gasteiger partial charge in [-0.2, -0.15) is 0 Å². The molecule has 2 aromatic rings. The SMILES string of the molecule is COc1ccc(F)c(-c2nccnc2C(=O)O)c1. The van der Waals surface area contributed by atoms with Crippen LogP contribution in [0.3, 0.4) is 0 Å². The van der Waals surface area contributed by atoms with Gasteiger partial charge >= 0.3 is 5.97 Å². The number of carboxylic acids is 1. The Labute approximate surface area is 102 Å². The van der Waals surface area contributed by atoms with Crippen LogP contribution < -0.4 is 4.74 Å². The Bertz CT molecular complexity index is 602. The van der Waals surface area contributed by atoms with Crippen LogP contribution in [0, 0.1) is 5.82 Å². The van der Waals surface area contributed by atoms with Crippen LogP contribution in [-0.2, 0) is 0 Å². The van der Waals surface area contributed by atoms with Crippen molar-refractivity contribution < 1.29 is 19.0 Å². The molecule has 1 N–H and O–H groups in total. The summed E-state index contributed by atoms with van der Waals surface area (Å²) in [5.41, 5.74) is -0.286. The van der Waals surface area contributed by atoms with Crippen molar-refractivity contribution in [1.82, 2.24) is 9.97 Å². The quantitative estimate of drug-likeness (QED) is 0.899. The number of nitrogens with zero attached hydrogens (tertiary/aromatic N) is 2. The second-order valence-electron chi connectivity index (χ2n) is 3.40. The Kier molecular flexibility index (Phi) is 3.18. The van der Waals surface area contributed by atoms with Crippen LogP contribution in [0.2, 0.25) is 0 Å². The van der Waals surface area contributed by atoms with Crippen LogP contribution in [0.5, 0.6) is 5.75 Å². The summed E-state index contributed by atoms with van der Waals surface area (Å²) in [5.74, 6) is -1.44. The summed E-state index contributed by atoms with van der Waals surface area (Å²) in [7, 11) is 1.44. The van der Waals surface area contributed by atoms with Gasteiger partial charge < -0.3 is 9.84 Å². The standard InChI is InChI=1S/C12H9FN2O3/c1-18-7-2-3-9(13)8(6-7)10-11(12(16)17)15-5-4-14-10/h2-6H,1H3,(H,16,17). The number of rotatable bonds is 3. The lowest BCUT2D eigenvalue weighted by molar-refractivity contribution is 0.0691. The Hall–Kier alpha value is -2.50. The van der Waals surface area contributed by atoms with E-state index in [9.17, 15) is 9.18 Å². The van der Waals surface area contributed by atoms with Gasteiger partial charge in [0.1, 0.15) is 17.3 Å². The topological polar surface area (TPSA) is 72.3 Å². The number of hydrogen-bond donors (Lipinski definition) is 1. The fraction of sp³-hybridized carbons (Fsp3) is 0.0833. The minimum absolute atomic E-state index is 0.0265. The van der Waals surface area contributed by atoms with E-state index in [1.165, 1.54) is 37.7 Å². The molecular weight excluding hydrogens is 239 g/mol. The van der Waals surface area contributed by atoms with Gasteiger partial charge in [-0.05, 0) is 18.2 Å². The van der Waals surface area contributed by atoms with Crippen LogP contribution in [0.25, 0.3) is 11.3 Å². The minimum Gasteiger partial charge on any atom is -0.497 e. The zero-order valence-corrected chi connectivity index (χ0v) is 9.42. The minimum atomic E-state index is -1.26. The molecule has 0 amide bonds. The number of halogens is 1. The zero-order valence-electron chi connectivity index (χ0n) is 9.42. The molecule has 0 aliphatic carbocycles. The normalized spacial score (nSPS) is 10.1. The predicted octanol–water partition coefficient (Wildman–Crippen LogP) is 1.99. The average molecular weight is 248 g/mol. The molecule has 0 atom stereocenters. The summed E-state index contributed by atoms with van der Waals surface area (Å²) in [4.78, 5) is 18.6. The Balaban J connectivity index is 2.65. The lowest BCUT2D eigenvalue weighted by Crippen LogP contribution is -2.05. The summed E-state index contributed by atoms with van der Waals surface area (Å²) in [6.45, 7) is 0. The molecule has 1 aromatic heterocycles. The fourth-order valence-corrected chi connectivity index (χ4v) is 1.50. The van der Waals surface area contributed by atoms with Crippen molar-refractivity contribution in [3.63, 3.8) is 0 Å². The van der Waals surface area contributed by atoms with Crippen LogP contribution in [0.4, 0.5) is 4.39 Å². The van der Waals surface area contributed by atoms with Crippen molar-refractivity contribution in [2.45, 2.75) is 0 Å². The number of aromatic nitrogens is 2. The van der Waals surface area contributed by atoms with E-state index in [4.69, 9.17) is 9.84 Å². The van der Waals surface area contributed by atoms with E-state index in [0.29, 0.717) is 5.75 Å². The maximum atomic E-state index is 13.7. The van der Waals surface area contributed by atoms with E-state index in [-0.39, 0.29) is 17.0 Å². The molecule has 0 unspecified atom stereocenters. The number of ether oxygens (including phenoxy) is 1. The molecule has 6 heteroatoms. The summed E-state index contributed by atoms with van der Waals surface area (Å²) in [6, 6.07) is 4.01. The van der Waals surface area contributed by atoms with E-state index < -0.39 is 11.8 Å². The van der Waals surface area contributed by atoms with Crippen LogP contribution in [-0.4, -0.2) is 28.2 Å². The van der Waals surface area contributed by atoms with Gasteiger partial charge in [-0.3, -0.25) is 4.98 Å². The molecule has 1 aromatic carbocycles. The molecule has 0 bridgehead atoms. The van der Waals surface area contributed by atoms with Crippen molar-refractivity contribution in [1.29, 1.82) is 0 Å². The van der Waals surface area contributed by atoms with Gasteiger partial charge in [-0.1, -0.05) is 0 Å². The van der Waals surface area contributed by atoms with E-state index >= 15 is 0 Å². The highest BCUT2D eigenvalue weighted by atomic mass is 19.1. The molecule has 0 radical (unpaired) electrons. The molecule has 0 aliphatic rings. The number of benzene rings is 1. The molecule has 1 heterocycles. The number of methoxy groups -OCH3 is 1. The van der Waals surface area contributed by atoms with E-state index in [2.05, 4.69) is 9.97 Å². The highest BCUT2D eigenvalue weighted by molar-refractivity contribution is 5.92. The summed E-state index contributed by atoms with van der Waals surface area (Å²) < 4.78 is 18.7.